The number of aromatic nitrogens is 3. The molecular weight excluding hydrogens is 432 g/mol. The van der Waals surface area contributed by atoms with Crippen LogP contribution in [0, 0.1) is 17.0 Å². The fraction of sp³-hybridized carbons (Fsp3) is 0.0526. The quantitative estimate of drug-likeness (QED) is 0.311. The Kier molecular flexibility index (Phi) is 4.60. The van der Waals surface area contributed by atoms with E-state index in [1.807, 2.05) is 6.07 Å². The van der Waals surface area contributed by atoms with E-state index in [1.54, 1.807) is 23.3 Å². The van der Waals surface area contributed by atoms with Gasteiger partial charge in [-0.25, -0.2) is 8.78 Å². The zero-order valence-electron chi connectivity index (χ0n) is 14.3. The van der Waals surface area contributed by atoms with E-state index in [1.165, 1.54) is 18.2 Å². The summed E-state index contributed by atoms with van der Waals surface area (Å²) in [5.41, 5.74) is 6.47. The van der Waals surface area contributed by atoms with Gasteiger partial charge in [0.15, 0.2) is 11.6 Å². The SMILES string of the molecule is N=C(N)c1cc(Oc2c(F)cc3[nH]ccc3c2Cn2cc(Br)cn2)ccc1F. The number of halogens is 3. The highest BCUT2D eigenvalue weighted by Crippen LogP contribution is 2.35. The van der Waals surface area contributed by atoms with E-state index in [9.17, 15) is 8.78 Å². The molecule has 0 bridgehead atoms. The van der Waals surface area contributed by atoms with E-state index in [0.29, 0.717) is 11.1 Å². The van der Waals surface area contributed by atoms with Crippen molar-refractivity contribution >= 4 is 32.7 Å². The number of nitrogens with zero attached hydrogens (tertiary/aromatic N) is 2. The van der Waals surface area contributed by atoms with Crippen molar-refractivity contribution in [3.05, 3.63) is 76.2 Å². The van der Waals surface area contributed by atoms with Crippen LogP contribution >= 0.6 is 15.9 Å². The fourth-order valence-corrected chi connectivity index (χ4v) is 3.30. The summed E-state index contributed by atoms with van der Waals surface area (Å²) >= 11 is 3.34. The number of hydrogen-bond acceptors (Lipinski definition) is 3. The van der Waals surface area contributed by atoms with Crippen LogP contribution in [0.25, 0.3) is 10.9 Å². The van der Waals surface area contributed by atoms with Crippen LogP contribution in [0.2, 0.25) is 0 Å². The Morgan fingerprint density at radius 2 is 2.07 bits per heavy atom. The average Bonchev–Trinajstić information content (AvgIpc) is 3.27. The molecule has 0 aliphatic rings. The normalized spacial score (nSPS) is 11.1. The van der Waals surface area contributed by atoms with Crippen molar-refractivity contribution in [2.24, 2.45) is 5.73 Å². The molecule has 0 saturated carbocycles. The summed E-state index contributed by atoms with van der Waals surface area (Å²) in [5.74, 6) is -1.50. The molecular formula is C19H14BrF2N5O. The molecule has 0 radical (unpaired) electrons. The molecule has 0 unspecified atom stereocenters. The van der Waals surface area contributed by atoms with Gasteiger partial charge >= 0.3 is 0 Å². The van der Waals surface area contributed by atoms with Crippen molar-refractivity contribution in [3.8, 4) is 11.5 Å². The first-order chi connectivity index (χ1) is 13.4. The molecule has 2 aromatic carbocycles. The molecule has 9 heteroatoms. The smallest absolute Gasteiger partial charge is 0.168 e. The predicted molar refractivity (Wildman–Crippen MR) is 105 cm³/mol. The molecule has 4 N–H and O–H groups in total. The number of hydrogen-bond donors (Lipinski definition) is 3. The second-order valence-corrected chi connectivity index (χ2v) is 7.03. The maximum atomic E-state index is 14.9. The summed E-state index contributed by atoms with van der Waals surface area (Å²) in [6.45, 7) is 0.258. The van der Waals surface area contributed by atoms with Gasteiger partial charge < -0.3 is 15.5 Å². The van der Waals surface area contributed by atoms with Gasteiger partial charge in [0.25, 0.3) is 0 Å². The van der Waals surface area contributed by atoms with Gasteiger partial charge in [0.1, 0.15) is 17.4 Å². The zero-order chi connectivity index (χ0) is 19.8. The number of rotatable bonds is 5. The number of fused-ring (bicyclic) bond motifs is 1. The molecule has 0 aliphatic heterocycles. The third kappa shape index (κ3) is 3.36. The highest BCUT2D eigenvalue weighted by atomic mass is 79.9. The summed E-state index contributed by atoms with van der Waals surface area (Å²) in [4.78, 5) is 2.99. The minimum Gasteiger partial charge on any atom is -0.454 e. The molecule has 4 rings (SSSR count). The first kappa shape index (κ1) is 18.2. The molecule has 2 heterocycles. The molecule has 2 aromatic heterocycles. The first-order valence-corrected chi connectivity index (χ1v) is 9.00. The van der Waals surface area contributed by atoms with Crippen LogP contribution in [0.3, 0.4) is 0 Å². The molecule has 0 amide bonds. The Hall–Kier alpha value is -3.20. The van der Waals surface area contributed by atoms with Gasteiger partial charge in [0.05, 0.1) is 22.8 Å². The molecule has 142 valence electrons. The minimum atomic E-state index is -0.650. The maximum absolute atomic E-state index is 14.9. The van der Waals surface area contributed by atoms with Gasteiger partial charge in [0, 0.05) is 34.9 Å². The average molecular weight is 446 g/mol. The van der Waals surface area contributed by atoms with Gasteiger partial charge in [-0.2, -0.15) is 5.10 Å². The van der Waals surface area contributed by atoms with E-state index in [2.05, 4.69) is 26.0 Å². The Bertz CT molecular complexity index is 1200. The fourth-order valence-electron chi connectivity index (χ4n) is 2.97. The largest absolute Gasteiger partial charge is 0.454 e. The first-order valence-electron chi connectivity index (χ1n) is 8.20. The van der Waals surface area contributed by atoms with Crippen molar-refractivity contribution in [3.63, 3.8) is 0 Å². The Morgan fingerprint density at radius 3 is 2.79 bits per heavy atom. The van der Waals surface area contributed by atoms with E-state index in [4.69, 9.17) is 15.9 Å². The second kappa shape index (κ2) is 7.08. The number of amidine groups is 1. The number of ether oxygens (including phenoxy) is 1. The highest BCUT2D eigenvalue weighted by Gasteiger charge is 2.18. The van der Waals surface area contributed by atoms with Gasteiger partial charge in [0.2, 0.25) is 0 Å². The maximum Gasteiger partial charge on any atom is 0.168 e. The Balaban J connectivity index is 1.82. The predicted octanol–water partition coefficient (Wildman–Crippen LogP) is 4.53. The van der Waals surface area contributed by atoms with E-state index in [0.717, 1.165) is 15.9 Å². The van der Waals surface area contributed by atoms with Crippen molar-refractivity contribution in [1.29, 1.82) is 5.41 Å². The number of nitrogens with two attached hydrogens (primary N) is 1. The Labute approximate surface area is 166 Å². The lowest BCUT2D eigenvalue weighted by Gasteiger charge is -2.15. The number of benzene rings is 2. The lowest BCUT2D eigenvalue weighted by atomic mass is 10.1. The molecule has 0 spiro atoms. The van der Waals surface area contributed by atoms with Crippen molar-refractivity contribution in [1.82, 2.24) is 14.8 Å². The van der Waals surface area contributed by atoms with Crippen LogP contribution < -0.4 is 10.5 Å². The third-order valence-corrected chi connectivity index (χ3v) is 4.65. The van der Waals surface area contributed by atoms with Crippen molar-refractivity contribution in [2.45, 2.75) is 6.54 Å². The van der Waals surface area contributed by atoms with E-state index < -0.39 is 17.5 Å². The number of nitrogens with one attached hydrogen (secondary N) is 2. The van der Waals surface area contributed by atoms with Crippen molar-refractivity contribution in [2.75, 3.05) is 0 Å². The van der Waals surface area contributed by atoms with Crippen LogP contribution in [0.1, 0.15) is 11.1 Å². The summed E-state index contributed by atoms with van der Waals surface area (Å²) in [6, 6.07) is 6.91. The molecule has 0 aliphatic carbocycles. The summed E-state index contributed by atoms with van der Waals surface area (Å²) < 4.78 is 36.9. The number of H-pyrrole nitrogens is 1. The molecule has 0 fully saturated rings. The Morgan fingerprint density at radius 1 is 1.25 bits per heavy atom. The van der Waals surface area contributed by atoms with Crippen LogP contribution in [-0.4, -0.2) is 20.6 Å². The molecule has 28 heavy (non-hydrogen) atoms. The standard InChI is InChI=1S/C19H14BrF2N5O/c20-10-7-26-27(8-10)9-14-12-3-4-25-17(12)6-16(22)18(14)28-11-1-2-15(21)13(5-11)19(23)24/h1-8,25H,9H2,(H3,23,24). The van der Waals surface area contributed by atoms with Gasteiger partial charge in [-0.15, -0.1) is 0 Å². The van der Waals surface area contributed by atoms with Crippen LogP contribution in [0.4, 0.5) is 8.78 Å². The lowest BCUT2D eigenvalue weighted by molar-refractivity contribution is 0.433. The lowest BCUT2D eigenvalue weighted by Crippen LogP contribution is -2.13. The monoisotopic (exact) mass is 445 g/mol. The van der Waals surface area contributed by atoms with Crippen LogP contribution in [-0.2, 0) is 6.54 Å². The summed E-state index contributed by atoms with van der Waals surface area (Å²) in [7, 11) is 0. The second-order valence-electron chi connectivity index (χ2n) is 6.12. The molecule has 6 nitrogen and oxygen atoms in total. The van der Waals surface area contributed by atoms with E-state index >= 15 is 0 Å². The zero-order valence-corrected chi connectivity index (χ0v) is 15.9. The van der Waals surface area contributed by atoms with E-state index in [-0.39, 0.29) is 23.6 Å². The third-order valence-electron chi connectivity index (χ3n) is 4.24. The van der Waals surface area contributed by atoms with Gasteiger partial charge in [-0.3, -0.25) is 10.1 Å². The summed E-state index contributed by atoms with van der Waals surface area (Å²) in [5, 5.41) is 12.5. The molecule has 0 saturated heterocycles. The molecule has 4 aromatic rings. The minimum absolute atomic E-state index is 0.000155. The van der Waals surface area contributed by atoms with Crippen LogP contribution in [0.15, 0.2) is 53.4 Å². The van der Waals surface area contributed by atoms with Crippen molar-refractivity contribution < 1.29 is 13.5 Å². The molecule has 0 atom stereocenters. The van der Waals surface area contributed by atoms with Crippen LogP contribution in [0.5, 0.6) is 11.5 Å². The topological polar surface area (TPSA) is 92.7 Å². The van der Waals surface area contributed by atoms with Gasteiger partial charge in [-0.1, -0.05) is 0 Å². The highest BCUT2D eigenvalue weighted by molar-refractivity contribution is 9.10. The summed E-state index contributed by atoms with van der Waals surface area (Å²) in [6.07, 6.45) is 5.11. The number of nitrogen functional groups attached to an aromatic ring is 1. The van der Waals surface area contributed by atoms with Gasteiger partial charge in [-0.05, 0) is 40.2 Å². The number of aromatic amines is 1.